The van der Waals surface area contributed by atoms with Crippen molar-refractivity contribution in [1.29, 1.82) is 0 Å². The number of ether oxygens (including phenoxy) is 1. The summed E-state index contributed by atoms with van der Waals surface area (Å²) in [6.45, 7) is 1.46. The zero-order chi connectivity index (χ0) is 18.0. The van der Waals surface area contributed by atoms with Crippen LogP contribution >= 0.6 is 0 Å². The molecule has 0 unspecified atom stereocenters. The fourth-order valence-electron chi connectivity index (χ4n) is 2.84. The molecule has 1 atom stereocenters. The van der Waals surface area contributed by atoms with Gasteiger partial charge in [0.15, 0.2) is 11.9 Å². The quantitative estimate of drug-likeness (QED) is 0.834. The van der Waals surface area contributed by atoms with Gasteiger partial charge in [0, 0.05) is 11.1 Å². The van der Waals surface area contributed by atoms with E-state index >= 15 is 0 Å². The van der Waals surface area contributed by atoms with Gasteiger partial charge in [-0.1, -0.05) is 12.1 Å². The van der Waals surface area contributed by atoms with Gasteiger partial charge < -0.3 is 14.9 Å². The summed E-state index contributed by atoms with van der Waals surface area (Å²) >= 11 is 0. The first-order valence-corrected chi connectivity index (χ1v) is 8.01. The third-order valence-corrected chi connectivity index (χ3v) is 4.15. The standard InChI is InChI=1S/C20H18O5/c1-12(20(23)24)25-17-4-2-3-13(10-17)9-15-6-5-14-11-16(21)7-8-18(14)19(15)22/h2-4,7-12,21H,5-6H2,1H3,(H,23,24)/b15-9+/t12-/m0/s1. The number of ketones is 1. The number of aliphatic carboxylic acids is 1. The highest BCUT2D eigenvalue weighted by atomic mass is 16.5. The zero-order valence-electron chi connectivity index (χ0n) is 13.7. The lowest BCUT2D eigenvalue weighted by Gasteiger charge is -2.18. The fraction of sp³-hybridized carbons (Fsp3) is 0.200. The van der Waals surface area contributed by atoms with Gasteiger partial charge in [0.25, 0.3) is 0 Å². The zero-order valence-corrected chi connectivity index (χ0v) is 13.7. The molecule has 0 aliphatic heterocycles. The smallest absolute Gasteiger partial charge is 0.344 e. The summed E-state index contributed by atoms with van der Waals surface area (Å²) < 4.78 is 5.36. The molecule has 3 rings (SSSR count). The number of rotatable bonds is 4. The first-order valence-electron chi connectivity index (χ1n) is 8.01. The van der Waals surface area contributed by atoms with Crippen LogP contribution < -0.4 is 4.74 Å². The number of Topliss-reactive ketones (excluding diaryl/α,β-unsaturated/α-hetero) is 1. The van der Waals surface area contributed by atoms with Crippen molar-refractivity contribution < 1.29 is 24.5 Å². The van der Waals surface area contributed by atoms with Gasteiger partial charge in [0.05, 0.1) is 0 Å². The second-order valence-corrected chi connectivity index (χ2v) is 6.01. The van der Waals surface area contributed by atoms with Gasteiger partial charge in [0.2, 0.25) is 0 Å². The molecule has 0 radical (unpaired) electrons. The second-order valence-electron chi connectivity index (χ2n) is 6.01. The number of fused-ring (bicyclic) bond motifs is 1. The van der Waals surface area contributed by atoms with Crippen LogP contribution in [0.15, 0.2) is 48.0 Å². The largest absolute Gasteiger partial charge is 0.508 e. The van der Waals surface area contributed by atoms with Crippen LogP contribution in [0.3, 0.4) is 0 Å². The molecule has 0 saturated heterocycles. The maximum Gasteiger partial charge on any atom is 0.344 e. The lowest BCUT2D eigenvalue weighted by molar-refractivity contribution is -0.144. The van der Waals surface area contributed by atoms with Gasteiger partial charge in [-0.05, 0) is 67.3 Å². The summed E-state index contributed by atoms with van der Waals surface area (Å²) in [5, 5.41) is 18.5. The first kappa shape index (κ1) is 16.8. The number of hydrogen-bond acceptors (Lipinski definition) is 4. The molecule has 5 heteroatoms. The van der Waals surface area contributed by atoms with Gasteiger partial charge in [-0.2, -0.15) is 0 Å². The number of phenols is 1. The summed E-state index contributed by atoms with van der Waals surface area (Å²) in [6, 6.07) is 11.8. The molecule has 0 aromatic heterocycles. The Balaban J connectivity index is 1.85. The van der Waals surface area contributed by atoms with E-state index in [1.165, 1.54) is 13.0 Å². The SMILES string of the molecule is C[C@H](Oc1cccc(/C=C2\CCc3cc(O)ccc3C2=O)c1)C(=O)O. The van der Waals surface area contributed by atoms with Crippen molar-refractivity contribution in [3.8, 4) is 11.5 Å². The van der Waals surface area contributed by atoms with Crippen LogP contribution in [0.25, 0.3) is 6.08 Å². The van der Waals surface area contributed by atoms with E-state index in [-0.39, 0.29) is 11.5 Å². The highest BCUT2D eigenvalue weighted by Crippen LogP contribution is 2.29. The lowest BCUT2D eigenvalue weighted by Crippen LogP contribution is -2.22. The Morgan fingerprint density at radius 2 is 2.00 bits per heavy atom. The molecular weight excluding hydrogens is 320 g/mol. The number of carbonyl (C=O) groups is 2. The molecule has 25 heavy (non-hydrogen) atoms. The minimum absolute atomic E-state index is 0.0496. The van der Waals surface area contributed by atoms with Crippen molar-refractivity contribution >= 4 is 17.8 Å². The Bertz CT molecular complexity index is 866. The van der Waals surface area contributed by atoms with Gasteiger partial charge in [-0.15, -0.1) is 0 Å². The van der Waals surface area contributed by atoms with Crippen LogP contribution in [-0.2, 0) is 11.2 Å². The minimum Gasteiger partial charge on any atom is -0.508 e. The molecule has 2 aromatic carbocycles. The van der Waals surface area contributed by atoms with Gasteiger partial charge in [-0.25, -0.2) is 4.79 Å². The molecule has 0 amide bonds. The number of aromatic hydroxyl groups is 1. The number of benzene rings is 2. The number of carboxylic acid groups (broad SMARTS) is 1. The molecule has 2 N–H and O–H groups in total. The maximum absolute atomic E-state index is 12.6. The van der Waals surface area contributed by atoms with Crippen LogP contribution in [0.2, 0.25) is 0 Å². The Kier molecular flexibility index (Phi) is 4.57. The number of carboxylic acids is 1. The van der Waals surface area contributed by atoms with Crippen LogP contribution in [0, 0.1) is 0 Å². The molecule has 0 heterocycles. The van der Waals surface area contributed by atoms with Gasteiger partial charge >= 0.3 is 5.97 Å². The molecule has 0 spiro atoms. The summed E-state index contributed by atoms with van der Waals surface area (Å²) in [6.07, 6.45) is 2.13. The van der Waals surface area contributed by atoms with E-state index in [4.69, 9.17) is 9.84 Å². The topological polar surface area (TPSA) is 83.8 Å². The third-order valence-electron chi connectivity index (χ3n) is 4.15. The third kappa shape index (κ3) is 3.71. The molecule has 2 aromatic rings. The lowest BCUT2D eigenvalue weighted by atomic mass is 9.86. The predicted octanol–water partition coefficient (Wildman–Crippen LogP) is 3.46. The Morgan fingerprint density at radius 1 is 1.20 bits per heavy atom. The van der Waals surface area contributed by atoms with E-state index in [1.54, 1.807) is 36.4 Å². The number of hydrogen-bond donors (Lipinski definition) is 2. The monoisotopic (exact) mass is 338 g/mol. The molecule has 128 valence electrons. The number of phenolic OH excluding ortho intramolecular Hbond substituents is 1. The van der Waals surface area contributed by atoms with E-state index in [0.717, 1.165) is 11.1 Å². The van der Waals surface area contributed by atoms with Crippen LogP contribution in [0.5, 0.6) is 11.5 Å². The summed E-state index contributed by atoms with van der Waals surface area (Å²) in [5.41, 5.74) is 2.93. The van der Waals surface area contributed by atoms with Crippen molar-refractivity contribution in [3.05, 3.63) is 64.7 Å². The Hall–Kier alpha value is -3.08. The van der Waals surface area contributed by atoms with E-state index in [1.807, 2.05) is 6.07 Å². The summed E-state index contributed by atoms with van der Waals surface area (Å²) in [5.74, 6) is -0.480. The van der Waals surface area contributed by atoms with Crippen molar-refractivity contribution in [2.45, 2.75) is 25.9 Å². The fourth-order valence-corrected chi connectivity index (χ4v) is 2.84. The van der Waals surface area contributed by atoms with E-state index in [2.05, 4.69) is 0 Å². The average Bonchev–Trinajstić information content (AvgIpc) is 2.57. The van der Waals surface area contributed by atoms with E-state index in [9.17, 15) is 14.7 Å². The molecule has 0 bridgehead atoms. The van der Waals surface area contributed by atoms with Crippen molar-refractivity contribution in [1.82, 2.24) is 0 Å². The summed E-state index contributed by atoms with van der Waals surface area (Å²) in [4.78, 5) is 23.5. The second kappa shape index (κ2) is 6.81. The minimum atomic E-state index is -1.04. The molecular formula is C20H18O5. The number of allylic oxidation sites excluding steroid dienone is 1. The first-order chi connectivity index (χ1) is 11.9. The Labute approximate surface area is 145 Å². The number of aryl methyl sites for hydroxylation is 1. The van der Waals surface area contributed by atoms with Crippen LogP contribution in [0.1, 0.15) is 34.8 Å². The molecule has 5 nitrogen and oxygen atoms in total. The van der Waals surface area contributed by atoms with Crippen LogP contribution in [0.4, 0.5) is 0 Å². The highest BCUT2D eigenvalue weighted by Gasteiger charge is 2.22. The Morgan fingerprint density at radius 3 is 2.76 bits per heavy atom. The van der Waals surface area contributed by atoms with Crippen molar-refractivity contribution in [2.75, 3.05) is 0 Å². The van der Waals surface area contributed by atoms with E-state index in [0.29, 0.717) is 29.7 Å². The molecule has 0 fully saturated rings. The van der Waals surface area contributed by atoms with Gasteiger partial charge in [-0.3, -0.25) is 4.79 Å². The van der Waals surface area contributed by atoms with Crippen molar-refractivity contribution in [3.63, 3.8) is 0 Å². The van der Waals surface area contributed by atoms with Crippen molar-refractivity contribution in [2.24, 2.45) is 0 Å². The predicted molar refractivity (Wildman–Crippen MR) is 92.9 cm³/mol. The normalized spacial score (nSPS) is 16.4. The molecule has 1 aliphatic rings. The summed E-state index contributed by atoms with van der Waals surface area (Å²) in [7, 11) is 0. The molecule has 1 aliphatic carbocycles. The maximum atomic E-state index is 12.6. The average molecular weight is 338 g/mol. The van der Waals surface area contributed by atoms with Gasteiger partial charge in [0.1, 0.15) is 11.5 Å². The molecule has 0 saturated carbocycles. The van der Waals surface area contributed by atoms with E-state index < -0.39 is 12.1 Å². The van der Waals surface area contributed by atoms with Crippen LogP contribution in [-0.4, -0.2) is 28.1 Å². The highest BCUT2D eigenvalue weighted by molar-refractivity contribution is 6.13. The number of carbonyl (C=O) groups excluding carboxylic acids is 1.